The number of nitrogens with zero attached hydrogens (tertiary/aromatic N) is 2. The van der Waals surface area contributed by atoms with E-state index < -0.39 is 0 Å². The van der Waals surface area contributed by atoms with E-state index in [4.69, 9.17) is 0 Å². The van der Waals surface area contributed by atoms with Crippen molar-refractivity contribution in [1.29, 1.82) is 0 Å². The van der Waals surface area contributed by atoms with Crippen molar-refractivity contribution in [3.8, 4) is 0 Å². The number of hydrogen-bond acceptors (Lipinski definition) is 2. The van der Waals surface area contributed by atoms with Crippen LogP contribution in [-0.2, 0) is 0 Å². The summed E-state index contributed by atoms with van der Waals surface area (Å²) in [5, 5.41) is 8.86. The molecule has 26 heavy (non-hydrogen) atoms. The van der Waals surface area contributed by atoms with E-state index in [1.807, 2.05) is 0 Å². The van der Waals surface area contributed by atoms with Gasteiger partial charge in [0.15, 0.2) is 0 Å². The Labute approximate surface area is 157 Å². The van der Waals surface area contributed by atoms with Crippen LogP contribution in [0.1, 0.15) is 87.2 Å². The molecule has 0 aliphatic heterocycles. The molecule has 0 aromatic heterocycles. The second-order valence-corrected chi connectivity index (χ2v) is 8.05. The van der Waals surface area contributed by atoms with Gasteiger partial charge in [-0.05, 0) is 72.9 Å². The summed E-state index contributed by atoms with van der Waals surface area (Å²) in [5.74, 6) is 1.50. The Balaban J connectivity index is 1.37. The number of hydrogen-bond donors (Lipinski definition) is 0. The van der Waals surface area contributed by atoms with E-state index in [0.717, 1.165) is 23.2 Å². The van der Waals surface area contributed by atoms with Gasteiger partial charge in [0, 0.05) is 0 Å². The average Bonchev–Trinajstić information content (AvgIpc) is 2.74. The SMILES string of the molecule is c1cc(C2CCCCC2)ccc1N=Nc1ccc(C2CCCCC2)cc1. The topological polar surface area (TPSA) is 24.7 Å². The van der Waals surface area contributed by atoms with Crippen LogP contribution in [0.2, 0.25) is 0 Å². The van der Waals surface area contributed by atoms with Gasteiger partial charge in [0.2, 0.25) is 0 Å². The highest BCUT2D eigenvalue weighted by atomic mass is 15.1. The summed E-state index contributed by atoms with van der Waals surface area (Å²) in [6.07, 6.45) is 13.7. The first-order valence-electron chi connectivity index (χ1n) is 10.5. The molecule has 2 aromatic carbocycles. The quantitative estimate of drug-likeness (QED) is 0.498. The maximum absolute atomic E-state index is 4.43. The maximum atomic E-state index is 4.43. The van der Waals surface area contributed by atoms with Gasteiger partial charge in [0.25, 0.3) is 0 Å². The fourth-order valence-corrected chi connectivity index (χ4v) is 4.61. The first-order valence-corrected chi connectivity index (χ1v) is 10.5. The normalized spacial score (nSPS) is 19.8. The van der Waals surface area contributed by atoms with Crippen LogP contribution in [0.5, 0.6) is 0 Å². The molecule has 2 aliphatic carbocycles. The van der Waals surface area contributed by atoms with Gasteiger partial charge in [-0.25, -0.2) is 0 Å². The molecule has 2 aromatic rings. The Hall–Kier alpha value is -1.96. The summed E-state index contributed by atoms with van der Waals surface area (Å²) in [5.41, 5.74) is 4.84. The first-order chi connectivity index (χ1) is 12.9. The standard InChI is InChI=1S/C24H30N2/c1-3-7-19(8-4-1)21-11-15-23(16-12-21)25-26-24-17-13-22(14-18-24)20-9-5-2-6-10-20/h11-20H,1-10H2. The van der Waals surface area contributed by atoms with Crippen molar-refractivity contribution in [2.45, 2.75) is 76.0 Å². The molecular formula is C24H30N2. The zero-order valence-corrected chi connectivity index (χ0v) is 15.7. The zero-order chi connectivity index (χ0) is 17.6. The largest absolute Gasteiger partial charge is 0.151 e. The molecule has 0 unspecified atom stereocenters. The van der Waals surface area contributed by atoms with Crippen LogP contribution in [0.15, 0.2) is 58.8 Å². The van der Waals surface area contributed by atoms with Crippen molar-refractivity contribution in [2.24, 2.45) is 10.2 Å². The van der Waals surface area contributed by atoms with Gasteiger partial charge in [0.1, 0.15) is 0 Å². The number of benzene rings is 2. The molecule has 2 heteroatoms. The summed E-state index contributed by atoms with van der Waals surface area (Å²) < 4.78 is 0. The molecule has 0 atom stereocenters. The molecular weight excluding hydrogens is 316 g/mol. The predicted molar refractivity (Wildman–Crippen MR) is 109 cm³/mol. The minimum Gasteiger partial charge on any atom is -0.151 e. The van der Waals surface area contributed by atoms with Gasteiger partial charge in [0.05, 0.1) is 11.4 Å². The second-order valence-electron chi connectivity index (χ2n) is 8.05. The molecule has 0 radical (unpaired) electrons. The lowest BCUT2D eigenvalue weighted by atomic mass is 9.84. The summed E-state index contributed by atoms with van der Waals surface area (Å²) in [7, 11) is 0. The van der Waals surface area contributed by atoms with E-state index >= 15 is 0 Å². The third kappa shape index (κ3) is 4.41. The lowest BCUT2D eigenvalue weighted by Gasteiger charge is -2.21. The van der Waals surface area contributed by atoms with E-state index in [1.54, 1.807) is 0 Å². The van der Waals surface area contributed by atoms with Gasteiger partial charge in [-0.1, -0.05) is 62.8 Å². The number of rotatable bonds is 4. The Bertz CT molecular complexity index is 639. The summed E-state index contributed by atoms with van der Waals surface area (Å²) in [6.45, 7) is 0. The molecule has 0 N–H and O–H groups in total. The van der Waals surface area contributed by atoms with Crippen molar-refractivity contribution in [3.05, 3.63) is 59.7 Å². The average molecular weight is 347 g/mol. The van der Waals surface area contributed by atoms with Crippen LogP contribution in [0.4, 0.5) is 11.4 Å². The Morgan fingerprint density at radius 2 is 0.808 bits per heavy atom. The van der Waals surface area contributed by atoms with Crippen LogP contribution < -0.4 is 0 Å². The highest BCUT2D eigenvalue weighted by molar-refractivity contribution is 5.43. The summed E-state index contributed by atoms with van der Waals surface area (Å²) in [4.78, 5) is 0. The molecule has 0 saturated heterocycles. The fraction of sp³-hybridized carbons (Fsp3) is 0.500. The molecule has 0 bridgehead atoms. The van der Waals surface area contributed by atoms with E-state index in [-0.39, 0.29) is 0 Å². The lowest BCUT2D eigenvalue weighted by molar-refractivity contribution is 0.443. The number of azo groups is 1. The summed E-state index contributed by atoms with van der Waals surface area (Å²) >= 11 is 0. The van der Waals surface area contributed by atoms with Crippen LogP contribution >= 0.6 is 0 Å². The van der Waals surface area contributed by atoms with Crippen LogP contribution in [0.3, 0.4) is 0 Å². The summed E-state index contributed by atoms with van der Waals surface area (Å²) in [6, 6.07) is 17.4. The van der Waals surface area contributed by atoms with E-state index in [1.165, 1.54) is 75.3 Å². The Kier molecular flexibility index (Phi) is 5.78. The highest BCUT2D eigenvalue weighted by Gasteiger charge is 2.16. The van der Waals surface area contributed by atoms with Crippen LogP contribution in [-0.4, -0.2) is 0 Å². The van der Waals surface area contributed by atoms with E-state index in [9.17, 15) is 0 Å². The molecule has 2 saturated carbocycles. The predicted octanol–water partition coefficient (Wildman–Crippen LogP) is 8.20. The lowest BCUT2D eigenvalue weighted by Crippen LogP contribution is -2.03. The molecule has 4 rings (SSSR count). The van der Waals surface area contributed by atoms with Crippen LogP contribution in [0.25, 0.3) is 0 Å². The zero-order valence-electron chi connectivity index (χ0n) is 15.7. The molecule has 2 aliphatic rings. The van der Waals surface area contributed by atoms with Gasteiger partial charge in [-0.15, -0.1) is 0 Å². The third-order valence-electron chi connectivity index (χ3n) is 6.22. The Morgan fingerprint density at radius 1 is 0.462 bits per heavy atom. The third-order valence-corrected chi connectivity index (χ3v) is 6.22. The van der Waals surface area contributed by atoms with E-state index in [0.29, 0.717) is 0 Å². The second kappa shape index (κ2) is 8.62. The molecule has 2 fully saturated rings. The van der Waals surface area contributed by atoms with Crippen molar-refractivity contribution in [2.75, 3.05) is 0 Å². The Morgan fingerprint density at radius 3 is 1.15 bits per heavy atom. The molecule has 0 amide bonds. The smallest absolute Gasteiger partial charge is 0.0857 e. The van der Waals surface area contributed by atoms with Crippen molar-refractivity contribution < 1.29 is 0 Å². The molecule has 0 heterocycles. The highest BCUT2D eigenvalue weighted by Crippen LogP contribution is 2.34. The van der Waals surface area contributed by atoms with Crippen LogP contribution in [0, 0.1) is 0 Å². The van der Waals surface area contributed by atoms with Gasteiger partial charge in [-0.3, -0.25) is 0 Å². The van der Waals surface area contributed by atoms with Gasteiger partial charge >= 0.3 is 0 Å². The maximum Gasteiger partial charge on any atom is 0.0857 e. The minimum absolute atomic E-state index is 0.752. The first kappa shape index (κ1) is 17.5. The molecule has 2 nitrogen and oxygen atoms in total. The van der Waals surface area contributed by atoms with Crippen molar-refractivity contribution in [1.82, 2.24) is 0 Å². The van der Waals surface area contributed by atoms with Crippen molar-refractivity contribution in [3.63, 3.8) is 0 Å². The van der Waals surface area contributed by atoms with E-state index in [2.05, 4.69) is 58.8 Å². The van der Waals surface area contributed by atoms with Gasteiger partial charge in [-0.2, -0.15) is 10.2 Å². The molecule has 136 valence electrons. The van der Waals surface area contributed by atoms with Crippen molar-refractivity contribution >= 4 is 11.4 Å². The molecule has 0 spiro atoms. The monoisotopic (exact) mass is 346 g/mol. The van der Waals surface area contributed by atoms with Gasteiger partial charge < -0.3 is 0 Å². The fourth-order valence-electron chi connectivity index (χ4n) is 4.61. The minimum atomic E-state index is 0.752.